The minimum Gasteiger partial charge on any atom is -0.494 e. The van der Waals surface area contributed by atoms with Crippen LogP contribution >= 0.6 is 0 Å². The third-order valence-electron chi connectivity index (χ3n) is 4.61. The summed E-state index contributed by atoms with van der Waals surface area (Å²) in [5.41, 5.74) is 6.96. The molecule has 0 aliphatic carbocycles. The first kappa shape index (κ1) is 18.5. The van der Waals surface area contributed by atoms with Crippen molar-refractivity contribution in [1.82, 2.24) is 19.7 Å². The number of rotatable bonds is 9. The first-order valence-corrected chi connectivity index (χ1v) is 9.63. The molecule has 0 unspecified atom stereocenters. The van der Waals surface area contributed by atoms with Gasteiger partial charge in [-0.2, -0.15) is 4.98 Å². The van der Waals surface area contributed by atoms with Gasteiger partial charge in [0.05, 0.1) is 6.61 Å². The molecule has 7 nitrogen and oxygen atoms in total. The molecule has 0 atom stereocenters. The highest BCUT2D eigenvalue weighted by Crippen LogP contribution is 2.17. The Morgan fingerprint density at radius 1 is 1.23 bits per heavy atom. The second kappa shape index (κ2) is 9.43. The van der Waals surface area contributed by atoms with E-state index in [4.69, 9.17) is 10.5 Å². The van der Waals surface area contributed by atoms with E-state index in [2.05, 4.69) is 38.5 Å². The Hall–Kier alpha value is -2.28. The van der Waals surface area contributed by atoms with Gasteiger partial charge in [-0.25, -0.2) is 4.68 Å². The van der Waals surface area contributed by atoms with Gasteiger partial charge >= 0.3 is 0 Å². The van der Waals surface area contributed by atoms with Crippen LogP contribution in [-0.4, -0.2) is 45.9 Å². The molecule has 142 valence electrons. The zero-order chi connectivity index (χ0) is 18.2. The molecule has 2 aromatic rings. The van der Waals surface area contributed by atoms with Gasteiger partial charge < -0.3 is 15.8 Å². The van der Waals surface area contributed by atoms with E-state index in [-0.39, 0.29) is 0 Å². The number of aromatic nitrogens is 3. The summed E-state index contributed by atoms with van der Waals surface area (Å²) in [4.78, 5) is 6.71. The monoisotopic (exact) mass is 358 g/mol. The lowest BCUT2D eigenvalue weighted by atomic mass is 10.1. The molecule has 2 heterocycles. The van der Waals surface area contributed by atoms with Crippen LogP contribution in [0.5, 0.6) is 5.75 Å². The van der Waals surface area contributed by atoms with Crippen molar-refractivity contribution in [3.05, 3.63) is 29.8 Å². The van der Waals surface area contributed by atoms with E-state index in [1.165, 1.54) is 37.9 Å². The molecule has 26 heavy (non-hydrogen) atoms. The Morgan fingerprint density at radius 3 is 2.88 bits per heavy atom. The van der Waals surface area contributed by atoms with E-state index >= 15 is 0 Å². The van der Waals surface area contributed by atoms with E-state index in [1.54, 1.807) is 4.68 Å². The quantitative estimate of drug-likeness (QED) is 0.671. The topological polar surface area (TPSA) is 81.2 Å². The van der Waals surface area contributed by atoms with E-state index in [0.29, 0.717) is 18.5 Å². The van der Waals surface area contributed by atoms with Crippen molar-refractivity contribution in [2.45, 2.75) is 45.7 Å². The SMILES string of the molecule is CCn1nc(N)nc1NCCCOc1cccc(CN2CCCCC2)c1. The van der Waals surface area contributed by atoms with Gasteiger partial charge in [0.1, 0.15) is 5.75 Å². The van der Waals surface area contributed by atoms with Gasteiger partial charge in [-0.3, -0.25) is 4.90 Å². The lowest BCUT2D eigenvalue weighted by Crippen LogP contribution is -2.29. The summed E-state index contributed by atoms with van der Waals surface area (Å²) in [7, 11) is 0. The van der Waals surface area contributed by atoms with Crippen LogP contribution in [0.1, 0.15) is 38.2 Å². The van der Waals surface area contributed by atoms with Gasteiger partial charge in [-0.1, -0.05) is 18.6 Å². The molecule has 0 amide bonds. The minimum absolute atomic E-state index is 0.302. The van der Waals surface area contributed by atoms with Crippen molar-refractivity contribution in [3.8, 4) is 5.75 Å². The molecule has 1 aromatic carbocycles. The number of ether oxygens (including phenoxy) is 1. The highest BCUT2D eigenvalue weighted by Gasteiger charge is 2.10. The van der Waals surface area contributed by atoms with Gasteiger partial charge in [0.2, 0.25) is 11.9 Å². The lowest BCUT2D eigenvalue weighted by molar-refractivity contribution is 0.220. The molecule has 3 N–H and O–H groups in total. The summed E-state index contributed by atoms with van der Waals surface area (Å²) in [5.74, 6) is 1.96. The molecular weight excluding hydrogens is 328 g/mol. The maximum absolute atomic E-state index is 5.91. The highest BCUT2D eigenvalue weighted by atomic mass is 16.5. The zero-order valence-electron chi connectivity index (χ0n) is 15.7. The van der Waals surface area contributed by atoms with E-state index < -0.39 is 0 Å². The second-order valence-electron chi connectivity index (χ2n) is 6.72. The van der Waals surface area contributed by atoms with E-state index in [0.717, 1.165) is 31.8 Å². The zero-order valence-corrected chi connectivity index (χ0v) is 15.7. The van der Waals surface area contributed by atoms with Crippen molar-refractivity contribution < 1.29 is 4.74 Å². The Labute approximate surface area is 155 Å². The van der Waals surface area contributed by atoms with Gasteiger partial charge in [-0.15, -0.1) is 5.10 Å². The highest BCUT2D eigenvalue weighted by molar-refractivity contribution is 5.31. The molecule has 1 fully saturated rings. The average Bonchev–Trinajstić information content (AvgIpc) is 3.02. The summed E-state index contributed by atoms with van der Waals surface area (Å²) in [6.45, 7) is 7.63. The average molecular weight is 358 g/mol. The van der Waals surface area contributed by atoms with Crippen LogP contribution in [0, 0.1) is 0 Å². The van der Waals surface area contributed by atoms with Crippen molar-refractivity contribution in [2.24, 2.45) is 0 Å². The van der Waals surface area contributed by atoms with Crippen molar-refractivity contribution in [1.29, 1.82) is 0 Å². The predicted octanol–water partition coefficient (Wildman–Crippen LogP) is 2.75. The fourth-order valence-corrected chi connectivity index (χ4v) is 3.28. The van der Waals surface area contributed by atoms with Crippen LogP contribution in [0.2, 0.25) is 0 Å². The molecule has 3 rings (SSSR count). The predicted molar refractivity (Wildman–Crippen MR) is 104 cm³/mol. The third-order valence-corrected chi connectivity index (χ3v) is 4.61. The molecular formula is C19H30N6O. The Morgan fingerprint density at radius 2 is 2.08 bits per heavy atom. The molecule has 0 spiro atoms. The molecule has 0 bridgehead atoms. The number of nitrogens with zero attached hydrogens (tertiary/aromatic N) is 4. The van der Waals surface area contributed by atoms with Crippen LogP contribution in [-0.2, 0) is 13.1 Å². The Balaban J connectivity index is 1.39. The number of aryl methyl sites for hydroxylation is 1. The number of benzene rings is 1. The fourth-order valence-electron chi connectivity index (χ4n) is 3.28. The largest absolute Gasteiger partial charge is 0.494 e. The van der Waals surface area contributed by atoms with Crippen LogP contribution in [0.3, 0.4) is 0 Å². The first-order chi connectivity index (χ1) is 12.7. The van der Waals surface area contributed by atoms with Crippen molar-refractivity contribution in [3.63, 3.8) is 0 Å². The van der Waals surface area contributed by atoms with Crippen molar-refractivity contribution in [2.75, 3.05) is 37.3 Å². The maximum Gasteiger partial charge on any atom is 0.241 e. The summed E-state index contributed by atoms with van der Waals surface area (Å²) in [6.07, 6.45) is 4.89. The second-order valence-corrected chi connectivity index (χ2v) is 6.72. The van der Waals surface area contributed by atoms with E-state index in [1.807, 2.05) is 13.0 Å². The maximum atomic E-state index is 5.91. The molecule has 1 aliphatic heterocycles. The summed E-state index contributed by atoms with van der Waals surface area (Å²) >= 11 is 0. The van der Waals surface area contributed by atoms with Crippen LogP contribution in [0.15, 0.2) is 24.3 Å². The number of piperidine rings is 1. The number of anilines is 2. The van der Waals surface area contributed by atoms with Crippen LogP contribution in [0.4, 0.5) is 11.9 Å². The summed E-state index contributed by atoms with van der Waals surface area (Å²) in [6, 6.07) is 8.46. The summed E-state index contributed by atoms with van der Waals surface area (Å²) < 4.78 is 7.67. The smallest absolute Gasteiger partial charge is 0.241 e. The molecule has 0 radical (unpaired) electrons. The van der Waals surface area contributed by atoms with Gasteiger partial charge in [0.15, 0.2) is 0 Å². The summed E-state index contributed by atoms with van der Waals surface area (Å²) in [5, 5.41) is 7.38. The number of nitrogens with one attached hydrogen (secondary N) is 1. The lowest BCUT2D eigenvalue weighted by Gasteiger charge is -2.26. The van der Waals surface area contributed by atoms with Crippen LogP contribution < -0.4 is 15.8 Å². The number of hydrogen-bond donors (Lipinski definition) is 2. The molecule has 7 heteroatoms. The first-order valence-electron chi connectivity index (χ1n) is 9.63. The van der Waals surface area contributed by atoms with Gasteiger partial charge in [0, 0.05) is 19.6 Å². The van der Waals surface area contributed by atoms with Crippen molar-refractivity contribution >= 4 is 11.9 Å². The Bertz CT molecular complexity index is 680. The van der Waals surface area contributed by atoms with Gasteiger partial charge in [-0.05, 0) is 57.0 Å². The molecule has 1 aliphatic rings. The Kier molecular flexibility index (Phi) is 6.71. The fraction of sp³-hybridized carbons (Fsp3) is 0.579. The van der Waals surface area contributed by atoms with E-state index in [9.17, 15) is 0 Å². The number of nitrogen functional groups attached to an aromatic ring is 1. The molecule has 0 saturated carbocycles. The number of nitrogens with two attached hydrogens (primary N) is 1. The standard InChI is InChI=1S/C19H30N6O/c1-2-25-19(22-18(20)23-25)21-10-7-13-26-17-9-6-8-16(14-17)15-24-11-4-3-5-12-24/h6,8-9,14H,2-5,7,10-13,15H2,1H3,(H3,20,21,22,23). The number of likely N-dealkylation sites (tertiary alicyclic amines) is 1. The van der Waals surface area contributed by atoms with Crippen LogP contribution in [0.25, 0.3) is 0 Å². The van der Waals surface area contributed by atoms with Gasteiger partial charge in [0.25, 0.3) is 0 Å². The normalized spacial score (nSPS) is 15.1. The molecule has 1 aromatic heterocycles. The third kappa shape index (κ3) is 5.36. The minimum atomic E-state index is 0.302. The number of hydrogen-bond acceptors (Lipinski definition) is 6. The molecule has 1 saturated heterocycles.